The largest absolute Gasteiger partial charge is 0.497 e. The molecule has 3 heterocycles. The van der Waals surface area contributed by atoms with Crippen LogP contribution in [-0.2, 0) is 0 Å². The Bertz CT molecular complexity index is 984. The number of pyridine rings is 1. The molecule has 1 aliphatic rings. The Morgan fingerprint density at radius 3 is 2.89 bits per heavy atom. The van der Waals surface area contributed by atoms with Gasteiger partial charge in [0.1, 0.15) is 17.6 Å². The fraction of sp³-hybridized carbons (Fsp3) is 0.250. The monoisotopic (exact) mass is 364 g/mol. The molecule has 1 atom stereocenters. The van der Waals surface area contributed by atoms with Crippen LogP contribution in [0.5, 0.6) is 11.5 Å². The number of fused-ring (bicyclic) bond motifs is 1. The zero-order valence-corrected chi connectivity index (χ0v) is 15.4. The maximum Gasteiger partial charge on any atom is 0.261 e. The number of aromatic nitrogens is 3. The van der Waals surface area contributed by atoms with Crippen molar-refractivity contribution >= 4 is 11.6 Å². The quantitative estimate of drug-likeness (QED) is 0.715. The molecular weight excluding hydrogens is 344 g/mol. The number of hydrogen-bond donors (Lipinski definition) is 0. The van der Waals surface area contributed by atoms with Crippen molar-refractivity contribution in [3.8, 4) is 17.3 Å². The second-order valence-electron chi connectivity index (χ2n) is 6.42. The third kappa shape index (κ3) is 3.01. The van der Waals surface area contributed by atoms with Crippen molar-refractivity contribution in [1.82, 2.24) is 14.8 Å². The third-order valence-corrected chi connectivity index (χ3v) is 4.58. The van der Waals surface area contributed by atoms with E-state index >= 15 is 0 Å². The molecule has 0 saturated heterocycles. The van der Waals surface area contributed by atoms with Crippen LogP contribution in [0.1, 0.15) is 23.0 Å². The molecule has 0 N–H and O–H groups in total. The Morgan fingerprint density at radius 2 is 2.15 bits per heavy atom. The van der Waals surface area contributed by atoms with E-state index in [1.54, 1.807) is 29.1 Å². The Morgan fingerprint density at radius 1 is 1.30 bits per heavy atom. The van der Waals surface area contributed by atoms with E-state index in [1.165, 1.54) is 0 Å². The van der Waals surface area contributed by atoms with Gasteiger partial charge in [-0.3, -0.25) is 4.79 Å². The molecule has 27 heavy (non-hydrogen) atoms. The maximum absolute atomic E-state index is 13.3. The standard InChI is InChI=1S/C20H20N4O3/c1-13-12-23(17-10-15(26-3)7-8-18(17)27-13)20(25)16-11-22-24(14(16)2)19-6-4-5-9-21-19/h4-11,13H,12H2,1-3H3/t13-/m1/s1. The second-order valence-corrected chi connectivity index (χ2v) is 6.42. The lowest BCUT2D eigenvalue weighted by Gasteiger charge is -2.33. The molecule has 1 aliphatic heterocycles. The van der Waals surface area contributed by atoms with Crippen molar-refractivity contribution in [3.05, 3.63) is 60.0 Å². The number of methoxy groups -OCH3 is 1. The van der Waals surface area contributed by atoms with Crippen LogP contribution in [0.25, 0.3) is 5.82 Å². The summed E-state index contributed by atoms with van der Waals surface area (Å²) < 4.78 is 12.9. The van der Waals surface area contributed by atoms with Gasteiger partial charge in [0.15, 0.2) is 5.82 Å². The molecule has 0 spiro atoms. The first-order chi connectivity index (χ1) is 13.1. The van der Waals surface area contributed by atoms with E-state index in [0.717, 1.165) is 5.69 Å². The van der Waals surface area contributed by atoms with Gasteiger partial charge < -0.3 is 14.4 Å². The molecule has 138 valence electrons. The summed E-state index contributed by atoms with van der Waals surface area (Å²) in [6.07, 6.45) is 3.18. The van der Waals surface area contributed by atoms with Crippen molar-refractivity contribution in [2.24, 2.45) is 0 Å². The predicted octanol–water partition coefficient (Wildman–Crippen LogP) is 3.01. The summed E-state index contributed by atoms with van der Waals surface area (Å²) in [5, 5.41) is 4.36. The van der Waals surface area contributed by atoms with Gasteiger partial charge in [-0.15, -0.1) is 0 Å². The van der Waals surface area contributed by atoms with Gasteiger partial charge in [-0.05, 0) is 38.1 Å². The number of carbonyl (C=O) groups excluding carboxylic acids is 1. The van der Waals surface area contributed by atoms with Gasteiger partial charge >= 0.3 is 0 Å². The Hall–Kier alpha value is -3.35. The van der Waals surface area contributed by atoms with E-state index in [-0.39, 0.29) is 12.0 Å². The van der Waals surface area contributed by atoms with E-state index in [2.05, 4.69) is 10.1 Å². The zero-order valence-electron chi connectivity index (χ0n) is 15.4. The van der Waals surface area contributed by atoms with Gasteiger partial charge in [-0.25, -0.2) is 9.67 Å². The fourth-order valence-corrected chi connectivity index (χ4v) is 3.21. The van der Waals surface area contributed by atoms with Crippen LogP contribution in [0.4, 0.5) is 5.69 Å². The lowest BCUT2D eigenvalue weighted by atomic mass is 10.1. The number of carbonyl (C=O) groups is 1. The topological polar surface area (TPSA) is 69.5 Å². The lowest BCUT2D eigenvalue weighted by Crippen LogP contribution is -2.42. The number of anilines is 1. The van der Waals surface area contributed by atoms with E-state index in [4.69, 9.17) is 9.47 Å². The summed E-state index contributed by atoms with van der Waals surface area (Å²) in [5.41, 5.74) is 1.97. The van der Waals surface area contributed by atoms with Gasteiger partial charge in [0, 0.05) is 12.3 Å². The van der Waals surface area contributed by atoms with Gasteiger partial charge in [0.25, 0.3) is 5.91 Å². The zero-order chi connectivity index (χ0) is 19.0. The molecule has 0 fully saturated rings. The Balaban J connectivity index is 1.73. The SMILES string of the molecule is COc1ccc2c(c1)N(C(=O)c1cnn(-c3ccccn3)c1C)C[C@@H](C)O2. The number of benzene rings is 1. The lowest BCUT2D eigenvalue weighted by molar-refractivity contribution is 0.0960. The molecular formula is C20H20N4O3. The molecule has 2 aromatic heterocycles. The van der Waals surface area contributed by atoms with Crippen LogP contribution >= 0.6 is 0 Å². The average Bonchev–Trinajstić information content (AvgIpc) is 3.08. The molecule has 0 saturated carbocycles. The average molecular weight is 364 g/mol. The van der Waals surface area contributed by atoms with Gasteiger partial charge in [-0.1, -0.05) is 6.07 Å². The maximum atomic E-state index is 13.3. The second kappa shape index (κ2) is 6.75. The first-order valence-electron chi connectivity index (χ1n) is 8.71. The summed E-state index contributed by atoms with van der Waals surface area (Å²) in [6, 6.07) is 11.0. The normalized spacial score (nSPS) is 15.8. The summed E-state index contributed by atoms with van der Waals surface area (Å²) in [4.78, 5) is 19.4. The van der Waals surface area contributed by atoms with Gasteiger partial charge in [0.05, 0.1) is 36.8 Å². The van der Waals surface area contributed by atoms with E-state index < -0.39 is 0 Å². The molecule has 0 aliphatic carbocycles. The van der Waals surface area contributed by atoms with Crippen LogP contribution in [0, 0.1) is 6.92 Å². The smallest absolute Gasteiger partial charge is 0.261 e. The summed E-state index contributed by atoms with van der Waals surface area (Å²) in [7, 11) is 1.60. The summed E-state index contributed by atoms with van der Waals surface area (Å²) in [5.74, 6) is 1.88. The Labute approximate surface area is 157 Å². The van der Waals surface area contributed by atoms with Gasteiger partial charge in [-0.2, -0.15) is 5.10 Å². The van der Waals surface area contributed by atoms with E-state index in [1.807, 2.05) is 50.2 Å². The van der Waals surface area contributed by atoms with Crippen LogP contribution in [0.15, 0.2) is 48.8 Å². The highest BCUT2D eigenvalue weighted by Crippen LogP contribution is 2.37. The number of hydrogen-bond acceptors (Lipinski definition) is 5. The van der Waals surface area contributed by atoms with Crippen molar-refractivity contribution in [2.45, 2.75) is 20.0 Å². The van der Waals surface area contributed by atoms with Crippen LogP contribution < -0.4 is 14.4 Å². The molecule has 7 nitrogen and oxygen atoms in total. The molecule has 0 radical (unpaired) electrons. The highest BCUT2D eigenvalue weighted by molar-refractivity contribution is 6.08. The first kappa shape index (κ1) is 17.1. The molecule has 1 amide bonds. The minimum absolute atomic E-state index is 0.110. The number of ether oxygens (including phenoxy) is 2. The first-order valence-corrected chi connectivity index (χ1v) is 8.71. The Kier molecular flexibility index (Phi) is 4.27. The molecule has 1 aromatic carbocycles. The molecule has 3 aromatic rings. The van der Waals surface area contributed by atoms with Crippen molar-refractivity contribution in [3.63, 3.8) is 0 Å². The van der Waals surface area contributed by atoms with Crippen molar-refractivity contribution in [2.75, 3.05) is 18.6 Å². The minimum atomic E-state index is -0.126. The number of amides is 1. The molecule has 4 rings (SSSR count). The third-order valence-electron chi connectivity index (χ3n) is 4.58. The van der Waals surface area contributed by atoms with Crippen LogP contribution in [0.3, 0.4) is 0 Å². The van der Waals surface area contributed by atoms with Gasteiger partial charge in [0.2, 0.25) is 0 Å². The number of nitrogens with zero attached hydrogens (tertiary/aromatic N) is 4. The van der Waals surface area contributed by atoms with Crippen LogP contribution in [0.2, 0.25) is 0 Å². The number of rotatable bonds is 3. The molecule has 0 unspecified atom stereocenters. The van der Waals surface area contributed by atoms with E-state index in [9.17, 15) is 4.79 Å². The highest BCUT2D eigenvalue weighted by Gasteiger charge is 2.30. The minimum Gasteiger partial charge on any atom is -0.497 e. The van der Waals surface area contributed by atoms with Crippen LogP contribution in [-0.4, -0.2) is 40.4 Å². The highest BCUT2D eigenvalue weighted by atomic mass is 16.5. The predicted molar refractivity (Wildman–Crippen MR) is 101 cm³/mol. The molecule has 7 heteroatoms. The fourth-order valence-electron chi connectivity index (χ4n) is 3.21. The summed E-state index contributed by atoms with van der Waals surface area (Å²) >= 11 is 0. The van der Waals surface area contributed by atoms with E-state index in [0.29, 0.717) is 35.1 Å². The molecule has 0 bridgehead atoms. The van der Waals surface area contributed by atoms with Crippen molar-refractivity contribution < 1.29 is 14.3 Å². The van der Waals surface area contributed by atoms with Crippen molar-refractivity contribution in [1.29, 1.82) is 0 Å². The summed E-state index contributed by atoms with van der Waals surface area (Å²) in [6.45, 7) is 4.26.